The van der Waals surface area contributed by atoms with Crippen molar-refractivity contribution < 1.29 is 4.79 Å². The van der Waals surface area contributed by atoms with Crippen molar-refractivity contribution in [2.45, 2.75) is 26.3 Å². The molecule has 134 valence electrons. The number of carbonyl (C=O) groups excluding carboxylic acids is 1. The maximum absolute atomic E-state index is 12.2. The number of rotatable bonds is 5. The van der Waals surface area contributed by atoms with E-state index in [9.17, 15) is 4.79 Å². The maximum Gasteiger partial charge on any atom is 0.224 e. The van der Waals surface area contributed by atoms with Crippen LogP contribution in [0.1, 0.15) is 20.3 Å². The van der Waals surface area contributed by atoms with Gasteiger partial charge in [-0.1, -0.05) is 6.07 Å². The summed E-state index contributed by atoms with van der Waals surface area (Å²) in [5.74, 6) is 1.50. The highest BCUT2D eigenvalue weighted by molar-refractivity contribution is 14.0. The average molecular weight is 446 g/mol. The summed E-state index contributed by atoms with van der Waals surface area (Å²) < 4.78 is 0. The van der Waals surface area contributed by atoms with Gasteiger partial charge in [-0.15, -0.1) is 24.0 Å². The highest BCUT2D eigenvalue weighted by Crippen LogP contribution is 2.12. The Hall–Kier alpha value is -1.58. The van der Waals surface area contributed by atoms with Crippen molar-refractivity contribution in [3.63, 3.8) is 0 Å². The van der Waals surface area contributed by atoms with E-state index in [1.807, 2.05) is 36.9 Å². The van der Waals surface area contributed by atoms with Crippen LogP contribution in [0.15, 0.2) is 29.4 Å². The van der Waals surface area contributed by atoms with E-state index in [2.05, 4.69) is 20.2 Å². The summed E-state index contributed by atoms with van der Waals surface area (Å²) in [7, 11) is 0. The number of piperazine rings is 1. The lowest BCUT2D eigenvalue weighted by atomic mass is 10.2. The van der Waals surface area contributed by atoms with Gasteiger partial charge in [0.15, 0.2) is 5.96 Å². The number of hydrogen-bond donors (Lipinski definition) is 2. The molecule has 1 aromatic heterocycles. The summed E-state index contributed by atoms with van der Waals surface area (Å²) in [6, 6.07) is 6.13. The van der Waals surface area contributed by atoms with E-state index in [1.165, 1.54) is 0 Å². The molecule has 3 N–H and O–H groups in total. The minimum Gasteiger partial charge on any atom is -0.370 e. The number of amides is 1. The molecule has 8 heteroatoms. The Morgan fingerprint density at radius 3 is 2.62 bits per heavy atom. The molecule has 2 rings (SSSR count). The van der Waals surface area contributed by atoms with E-state index < -0.39 is 0 Å². The molecule has 0 spiro atoms. The van der Waals surface area contributed by atoms with Crippen molar-refractivity contribution in [2.24, 2.45) is 10.7 Å². The first-order valence-electron chi connectivity index (χ1n) is 8.06. The largest absolute Gasteiger partial charge is 0.370 e. The second-order valence-corrected chi connectivity index (χ2v) is 5.87. The molecule has 0 aliphatic carbocycles. The van der Waals surface area contributed by atoms with Crippen LogP contribution in [-0.4, -0.2) is 60.5 Å². The number of hydrogen-bond acceptors (Lipinski definition) is 4. The van der Waals surface area contributed by atoms with Crippen molar-refractivity contribution in [3.05, 3.63) is 24.4 Å². The Bertz CT molecular complexity index is 529. The quantitative estimate of drug-likeness (QED) is 0.401. The lowest BCUT2D eigenvalue weighted by molar-refractivity contribution is -0.131. The second-order valence-electron chi connectivity index (χ2n) is 5.87. The lowest BCUT2D eigenvalue weighted by Crippen LogP contribution is -2.49. The molecule has 0 bridgehead atoms. The maximum atomic E-state index is 12.2. The Balaban J connectivity index is 0.00000288. The summed E-state index contributed by atoms with van der Waals surface area (Å²) in [6.07, 6.45) is 2.19. The van der Waals surface area contributed by atoms with Crippen LogP contribution in [0.25, 0.3) is 0 Å². The Morgan fingerprint density at radius 1 is 1.33 bits per heavy atom. The van der Waals surface area contributed by atoms with Gasteiger partial charge in [-0.2, -0.15) is 0 Å². The van der Waals surface area contributed by atoms with Crippen LogP contribution in [0.5, 0.6) is 0 Å². The SMILES string of the molecule is CC(C)NC(N)=NCCC(=O)N1CCN(c2ccccn2)CC1.I. The number of aromatic nitrogens is 1. The van der Waals surface area contributed by atoms with Gasteiger partial charge in [-0.25, -0.2) is 4.98 Å². The number of carbonyl (C=O) groups is 1. The first-order valence-corrected chi connectivity index (χ1v) is 8.06. The molecule has 7 nitrogen and oxygen atoms in total. The highest BCUT2D eigenvalue weighted by atomic mass is 127. The third kappa shape index (κ3) is 6.50. The van der Waals surface area contributed by atoms with Gasteiger partial charge in [-0.05, 0) is 26.0 Å². The molecule has 1 amide bonds. The molecule has 1 saturated heterocycles. The fraction of sp³-hybridized carbons (Fsp3) is 0.562. The van der Waals surface area contributed by atoms with Gasteiger partial charge >= 0.3 is 0 Å². The molecular weight excluding hydrogens is 419 g/mol. The molecular formula is C16H27IN6O. The van der Waals surface area contributed by atoms with Crippen LogP contribution < -0.4 is 16.0 Å². The first kappa shape index (κ1) is 20.5. The second kappa shape index (κ2) is 10.3. The van der Waals surface area contributed by atoms with Gasteiger partial charge in [0, 0.05) is 44.8 Å². The summed E-state index contributed by atoms with van der Waals surface area (Å²) in [5.41, 5.74) is 5.72. The third-order valence-electron chi connectivity index (χ3n) is 3.65. The van der Waals surface area contributed by atoms with E-state index in [0.29, 0.717) is 18.9 Å². The van der Waals surface area contributed by atoms with E-state index >= 15 is 0 Å². The number of anilines is 1. The summed E-state index contributed by atoms with van der Waals surface area (Å²) in [6.45, 7) is 7.47. The molecule has 24 heavy (non-hydrogen) atoms. The van der Waals surface area contributed by atoms with Crippen LogP contribution in [0.4, 0.5) is 5.82 Å². The summed E-state index contributed by atoms with van der Waals surface area (Å²) >= 11 is 0. The molecule has 0 atom stereocenters. The van der Waals surface area contributed by atoms with E-state index in [0.717, 1.165) is 32.0 Å². The number of halogens is 1. The number of nitrogens with two attached hydrogens (primary N) is 1. The van der Waals surface area contributed by atoms with Crippen molar-refractivity contribution in [1.29, 1.82) is 0 Å². The predicted octanol–water partition coefficient (Wildman–Crippen LogP) is 1.05. The predicted molar refractivity (Wildman–Crippen MR) is 108 cm³/mol. The van der Waals surface area contributed by atoms with Gasteiger partial charge in [0.25, 0.3) is 0 Å². The first-order chi connectivity index (χ1) is 11.1. The molecule has 1 aliphatic heterocycles. The molecule has 1 aromatic rings. The normalized spacial score (nSPS) is 15.2. The van der Waals surface area contributed by atoms with Crippen molar-refractivity contribution >= 4 is 41.7 Å². The topological polar surface area (TPSA) is 86.8 Å². The molecule has 0 aromatic carbocycles. The molecule has 0 saturated carbocycles. The minimum atomic E-state index is 0. The van der Waals surface area contributed by atoms with Crippen molar-refractivity contribution in [1.82, 2.24) is 15.2 Å². The number of pyridine rings is 1. The van der Waals surface area contributed by atoms with Crippen LogP contribution in [0, 0.1) is 0 Å². The van der Waals surface area contributed by atoms with Crippen molar-refractivity contribution in [2.75, 3.05) is 37.6 Å². The monoisotopic (exact) mass is 446 g/mol. The zero-order chi connectivity index (χ0) is 16.7. The van der Waals surface area contributed by atoms with Gasteiger partial charge in [0.1, 0.15) is 5.82 Å². The lowest BCUT2D eigenvalue weighted by Gasteiger charge is -2.35. The smallest absolute Gasteiger partial charge is 0.224 e. The molecule has 1 fully saturated rings. The molecule has 2 heterocycles. The van der Waals surface area contributed by atoms with Crippen LogP contribution in [0.2, 0.25) is 0 Å². The van der Waals surface area contributed by atoms with E-state index in [-0.39, 0.29) is 35.9 Å². The number of nitrogens with one attached hydrogen (secondary N) is 1. The number of guanidine groups is 1. The van der Waals surface area contributed by atoms with Gasteiger partial charge < -0.3 is 20.9 Å². The zero-order valence-electron chi connectivity index (χ0n) is 14.3. The molecule has 1 aliphatic rings. The van der Waals surface area contributed by atoms with Crippen LogP contribution in [0.3, 0.4) is 0 Å². The van der Waals surface area contributed by atoms with Crippen molar-refractivity contribution in [3.8, 4) is 0 Å². The van der Waals surface area contributed by atoms with Gasteiger partial charge in [-0.3, -0.25) is 9.79 Å². The van der Waals surface area contributed by atoms with E-state index in [4.69, 9.17) is 5.73 Å². The highest BCUT2D eigenvalue weighted by Gasteiger charge is 2.21. The van der Waals surface area contributed by atoms with E-state index in [1.54, 1.807) is 6.20 Å². The Morgan fingerprint density at radius 2 is 2.04 bits per heavy atom. The average Bonchev–Trinajstić information content (AvgIpc) is 2.55. The molecule has 0 radical (unpaired) electrons. The standard InChI is InChI=1S/C16H26N6O.HI/c1-13(2)20-16(17)19-8-6-15(23)22-11-9-21(10-12-22)14-5-3-4-7-18-14;/h3-5,7,13H,6,8-12H2,1-2H3,(H3,17,19,20);1H. The summed E-state index contributed by atoms with van der Waals surface area (Å²) in [5, 5.41) is 3.01. The third-order valence-corrected chi connectivity index (χ3v) is 3.65. The van der Waals surface area contributed by atoms with Crippen LogP contribution >= 0.6 is 24.0 Å². The minimum absolute atomic E-state index is 0. The number of nitrogens with zero attached hydrogens (tertiary/aromatic N) is 4. The van der Waals surface area contributed by atoms with Crippen LogP contribution in [-0.2, 0) is 4.79 Å². The summed E-state index contributed by atoms with van der Waals surface area (Å²) in [4.78, 5) is 24.8. The fourth-order valence-electron chi connectivity index (χ4n) is 2.50. The zero-order valence-corrected chi connectivity index (χ0v) is 16.6. The molecule has 0 unspecified atom stereocenters. The van der Waals surface area contributed by atoms with Gasteiger partial charge in [0.05, 0.1) is 6.54 Å². The number of aliphatic imine (C=N–C) groups is 1. The van der Waals surface area contributed by atoms with Gasteiger partial charge in [0.2, 0.25) is 5.91 Å². The fourth-order valence-corrected chi connectivity index (χ4v) is 2.50. The Labute approximate surface area is 160 Å². The Kier molecular flexibility index (Phi) is 8.80.